The van der Waals surface area contributed by atoms with Gasteiger partial charge in [0.15, 0.2) is 0 Å². The molecule has 0 aliphatic carbocycles. The number of imidazole rings is 1. The van der Waals surface area contributed by atoms with E-state index >= 15 is 0 Å². The number of rotatable bonds is 2. The average molecular weight is 236 g/mol. The Morgan fingerprint density at radius 3 is 2.75 bits per heavy atom. The number of hydrogen-bond donors (Lipinski definition) is 1. The van der Waals surface area contributed by atoms with Crippen LogP contribution in [0, 0.1) is 6.92 Å². The lowest BCUT2D eigenvalue weighted by atomic mass is 10.2. The van der Waals surface area contributed by atoms with Crippen molar-refractivity contribution in [1.29, 1.82) is 0 Å². The normalized spacial score (nSPS) is 10.8. The first-order valence-electron chi connectivity index (χ1n) is 5.11. The molecule has 0 saturated heterocycles. The summed E-state index contributed by atoms with van der Waals surface area (Å²) in [5, 5.41) is 0.715. The topological polar surface area (TPSA) is 43.8 Å². The van der Waals surface area contributed by atoms with Crippen LogP contribution in [0.4, 0.5) is 0 Å². The predicted octanol–water partition coefficient (Wildman–Crippen LogP) is 2.51. The second-order valence-corrected chi connectivity index (χ2v) is 4.18. The van der Waals surface area contributed by atoms with Gasteiger partial charge in [-0.25, -0.2) is 4.98 Å². The van der Waals surface area contributed by atoms with Crippen molar-refractivity contribution in [3.8, 4) is 11.4 Å². The summed E-state index contributed by atoms with van der Waals surface area (Å²) in [5.74, 6) is 0.903. The number of nitrogens with zero attached hydrogens (tertiary/aromatic N) is 2. The second kappa shape index (κ2) is 4.28. The van der Waals surface area contributed by atoms with Gasteiger partial charge in [0.05, 0.1) is 11.4 Å². The van der Waals surface area contributed by atoms with E-state index in [2.05, 4.69) is 4.98 Å². The molecular weight excluding hydrogens is 222 g/mol. The summed E-state index contributed by atoms with van der Waals surface area (Å²) in [4.78, 5) is 4.52. The number of benzene rings is 1. The van der Waals surface area contributed by atoms with E-state index in [0.717, 1.165) is 22.8 Å². The lowest BCUT2D eigenvalue weighted by molar-refractivity contribution is 0.823. The van der Waals surface area contributed by atoms with Crippen LogP contribution in [0.2, 0.25) is 5.02 Å². The van der Waals surface area contributed by atoms with Crippen LogP contribution in [-0.2, 0) is 13.6 Å². The van der Waals surface area contributed by atoms with Crippen molar-refractivity contribution in [2.45, 2.75) is 13.5 Å². The van der Waals surface area contributed by atoms with Crippen molar-refractivity contribution in [3.63, 3.8) is 0 Å². The summed E-state index contributed by atoms with van der Waals surface area (Å²) in [5.41, 5.74) is 8.72. The fraction of sp³-hybridized carbons (Fsp3) is 0.250. The molecule has 2 N–H and O–H groups in total. The molecule has 3 nitrogen and oxygen atoms in total. The zero-order valence-corrected chi connectivity index (χ0v) is 10.1. The molecule has 1 aromatic carbocycles. The van der Waals surface area contributed by atoms with Crippen molar-refractivity contribution in [2.75, 3.05) is 0 Å². The van der Waals surface area contributed by atoms with Gasteiger partial charge in [0.25, 0.3) is 0 Å². The molecule has 2 aromatic rings. The summed E-state index contributed by atoms with van der Waals surface area (Å²) >= 11 is 5.97. The molecular formula is C12H14ClN3. The summed E-state index contributed by atoms with van der Waals surface area (Å²) in [6, 6.07) is 7.67. The monoisotopic (exact) mass is 235 g/mol. The Balaban J connectivity index is 2.56. The highest BCUT2D eigenvalue weighted by Gasteiger charge is 2.11. The maximum absolute atomic E-state index is 5.97. The lowest BCUT2D eigenvalue weighted by Gasteiger charge is -2.04. The van der Waals surface area contributed by atoms with Crippen molar-refractivity contribution in [2.24, 2.45) is 12.8 Å². The minimum atomic E-state index is 0.496. The van der Waals surface area contributed by atoms with Crippen LogP contribution in [0.15, 0.2) is 24.3 Å². The molecule has 2 rings (SSSR count). The van der Waals surface area contributed by atoms with E-state index in [0.29, 0.717) is 11.6 Å². The highest BCUT2D eigenvalue weighted by molar-refractivity contribution is 6.30. The Kier molecular flexibility index (Phi) is 2.99. The van der Waals surface area contributed by atoms with Crippen molar-refractivity contribution in [1.82, 2.24) is 9.55 Å². The molecule has 0 bridgehead atoms. The Bertz CT molecular complexity index is 517. The van der Waals surface area contributed by atoms with Gasteiger partial charge in [-0.15, -0.1) is 0 Å². The Hall–Kier alpha value is -1.32. The standard InChI is InChI=1S/C12H14ClN3/c1-8-11(7-14)16(2)12(15-8)9-4-3-5-10(13)6-9/h3-6H,7,14H2,1-2H3. The van der Waals surface area contributed by atoms with Gasteiger partial charge in [-0.1, -0.05) is 23.7 Å². The Morgan fingerprint density at radius 2 is 2.19 bits per heavy atom. The van der Waals surface area contributed by atoms with E-state index in [1.165, 1.54) is 0 Å². The fourth-order valence-electron chi connectivity index (χ4n) is 1.84. The van der Waals surface area contributed by atoms with Crippen molar-refractivity contribution < 1.29 is 0 Å². The third-order valence-corrected chi connectivity index (χ3v) is 2.93. The van der Waals surface area contributed by atoms with E-state index in [-0.39, 0.29) is 0 Å². The highest BCUT2D eigenvalue weighted by Crippen LogP contribution is 2.23. The van der Waals surface area contributed by atoms with Crippen molar-refractivity contribution in [3.05, 3.63) is 40.7 Å². The summed E-state index contributed by atoms with van der Waals surface area (Å²) in [6.45, 7) is 2.46. The third kappa shape index (κ3) is 1.84. The number of nitrogens with two attached hydrogens (primary N) is 1. The van der Waals surface area contributed by atoms with Crippen LogP contribution in [0.1, 0.15) is 11.4 Å². The van der Waals surface area contributed by atoms with Crippen LogP contribution >= 0.6 is 11.6 Å². The van der Waals surface area contributed by atoms with Gasteiger partial charge in [0, 0.05) is 24.2 Å². The second-order valence-electron chi connectivity index (χ2n) is 3.74. The van der Waals surface area contributed by atoms with E-state index in [9.17, 15) is 0 Å². The third-order valence-electron chi connectivity index (χ3n) is 2.69. The molecule has 4 heteroatoms. The maximum Gasteiger partial charge on any atom is 0.140 e. The van der Waals surface area contributed by atoms with Gasteiger partial charge in [0.2, 0.25) is 0 Å². The number of halogens is 1. The van der Waals surface area contributed by atoms with Gasteiger partial charge in [-0.3, -0.25) is 0 Å². The SMILES string of the molecule is Cc1nc(-c2cccc(Cl)c2)n(C)c1CN. The van der Waals surface area contributed by atoms with E-state index < -0.39 is 0 Å². The van der Waals surface area contributed by atoms with Crippen LogP contribution in [0.25, 0.3) is 11.4 Å². The Morgan fingerprint density at radius 1 is 1.44 bits per heavy atom. The quantitative estimate of drug-likeness (QED) is 0.869. The number of aryl methyl sites for hydroxylation is 1. The Labute approximate surface area is 99.9 Å². The maximum atomic E-state index is 5.97. The van der Waals surface area contributed by atoms with Gasteiger partial charge >= 0.3 is 0 Å². The molecule has 0 amide bonds. The van der Waals surface area contributed by atoms with Gasteiger partial charge in [0.1, 0.15) is 5.82 Å². The number of hydrogen-bond acceptors (Lipinski definition) is 2. The smallest absolute Gasteiger partial charge is 0.140 e. The molecule has 16 heavy (non-hydrogen) atoms. The number of aromatic nitrogens is 2. The molecule has 0 spiro atoms. The van der Waals surface area contributed by atoms with Crippen LogP contribution in [0.5, 0.6) is 0 Å². The molecule has 0 unspecified atom stereocenters. The summed E-state index contributed by atoms with van der Waals surface area (Å²) in [7, 11) is 1.97. The molecule has 1 heterocycles. The van der Waals surface area contributed by atoms with Gasteiger partial charge in [-0.2, -0.15) is 0 Å². The van der Waals surface area contributed by atoms with E-state index in [1.807, 2.05) is 42.8 Å². The summed E-state index contributed by atoms with van der Waals surface area (Å²) in [6.07, 6.45) is 0. The summed E-state index contributed by atoms with van der Waals surface area (Å²) < 4.78 is 2.01. The first-order valence-corrected chi connectivity index (χ1v) is 5.49. The van der Waals surface area contributed by atoms with Crippen LogP contribution in [-0.4, -0.2) is 9.55 Å². The lowest BCUT2D eigenvalue weighted by Crippen LogP contribution is -2.05. The van der Waals surface area contributed by atoms with E-state index in [4.69, 9.17) is 17.3 Å². The van der Waals surface area contributed by atoms with Gasteiger partial charge < -0.3 is 10.3 Å². The molecule has 0 saturated carbocycles. The molecule has 84 valence electrons. The van der Waals surface area contributed by atoms with Gasteiger partial charge in [-0.05, 0) is 19.1 Å². The largest absolute Gasteiger partial charge is 0.330 e. The molecule has 0 aliphatic rings. The first kappa shape index (κ1) is 11.2. The van der Waals surface area contributed by atoms with Crippen LogP contribution < -0.4 is 5.73 Å². The average Bonchev–Trinajstić information content (AvgIpc) is 2.54. The van der Waals surface area contributed by atoms with Crippen molar-refractivity contribution >= 4 is 11.6 Å². The van der Waals surface area contributed by atoms with Crippen LogP contribution in [0.3, 0.4) is 0 Å². The zero-order valence-electron chi connectivity index (χ0n) is 9.37. The highest BCUT2D eigenvalue weighted by atomic mass is 35.5. The first-order chi connectivity index (χ1) is 7.63. The predicted molar refractivity (Wildman–Crippen MR) is 66.3 cm³/mol. The molecule has 0 radical (unpaired) electrons. The molecule has 0 aliphatic heterocycles. The minimum Gasteiger partial charge on any atom is -0.330 e. The fourth-order valence-corrected chi connectivity index (χ4v) is 2.03. The molecule has 0 atom stereocenters. The molecule has 1 aromatic heterocycles. The van der Waals surface area contributed by atoms with E-state index in [1.54, 1.807) is 0 Å². The minimum absolute atomic E-state index is 0.496. The zero-order chi connectivity index (χ0) is 11.7. The molecule has 0 fully saturated rings.